The first-order valence-electron chi connectivity index (χ1n) is 13.4. The summed E-state index contributed by atoms with van der Waals surface area (Å²) in [5.41, 5.74) is 5.05. The Morgan fingerprint density at radius 3 is 2.70 bits per heavy atom. The van der Waals surface area contributed by atoms with Crippen LogP contribution in [-0.4, -0.2) is 33.7 Å². The number of nitrogens with one attached hydrogen (secondary N) is 1. The van der Waals surface area contributed by atoms with Gasteiger partial charge < -0.3 is 14.8 Å². The van der Waals surface area contributed by atoms with Crippen molar-refractivity contribution in [1.29, 1.82) is 0 Å². The zero-order chi connectivity index (χ0) is 25.5. The average molecular weight is 497 g/mol. The molecule has 0 spiro atoms. The van der Waals surface area contributed by atoms with E-state index in [1.54, 1.807) is 18.2 Å². The third kappa shape index (κ3) is 4.28. The second kappa shape index (κ2) is 9.66. The number of carbonyl (C=O) groups is 2. The molecular formula is C31H32N2O4. The van der Waals surface area contributed by atoms with Gasteiger partial charge in [-0.05, 0) is 73.8 Å². The van der Waals surface area contributed by atoms with Crippen LogP contribution in [0.5, 0.6) is 5.75 Å². The maximum absolute atomic E-state index is 13.9. The van der Waals surface area contributed by atoms with Crippen molar-refractivity contribution in [3.8, 4) is 5.75 Å². The summed E-state index contributed by atoms with van der Waals surface area (Å²) >= 11 is 0. The molecule has 0 radical (unpaired) electrons. The fourth-order valence-electron chi connectivity index (χ4n) is 6.51. The summed E-state index contributed by atoms with van der Waals surface area (Å²) < 4.78 is 5.99. The van der Waals surface area contributed by atoms with E-state index in [0.29, 0.717) is 24.8 Å². The Bertz CT molecular complexity index is 1430. The number of esters is 1. The van der Waals surface area contributed by atoms with Crippen molar-refractivity contribution in [1.82, 2.24) is 4.98 Å². The van der Waals surface area contributed by atoms with Crippen LogP contribution in [0.4, 0.5) is 0 Å². The van der Waals surface area contributed by atoms with Gasteiger partial charge in [-0.25, -0.2) is 0 Å². The first-order valence-corrected chi connectivity index (χ1v) is 13.4. The number of phenolic OH excluding ortho intramolecular Hbond substituents is 1. The van der Waals surface area contributed by atoms with Crippen LogP contribution >= 0.6 is 0 Å². The first kappa shape index (κ1) is 23.7. The molecule has 1 fully saturated rings. The summed E-state index contributed by atoms with van der Waals surface area (Å²) in [6, 6.07) is 15.1. The largest absolute Gasteiger partial charge is 0.508 e. The third-order valence-corrected chi connectivity index (χ3v) is 8.26. The molecule has 0 bridgehead atoms. The lowest BCUT2D eigenvalue weighted by molar-refractivity contribution is -0.151. The number of rotatable bonds is 5. The van der Waals surface area contributed by atoms with E-state index in [2.05, 4.69) is 11.1 Å². The van der Waals surface area contributed by atoms with Crippen LogP contribution in [-0.2, 0) is 14.3 Å². The number of aliphatic imine (C=N–C) groups is 1. The Morgan fingerprint density at radius 1 is 1.11 bits per heavy atom. The van der Waals surface area contributed by atoms with Gasteiger partial charge in [0.2, 0.25) is 0 Å². The monoisotopic (exact) mass is 496 g/mol. The van der Waals surface area contributed by atoms with E-state index < -0.39 is 11.8 Å². The molecule has 3 aliphatic rings. The number of ether oxygens (including phenoxy) is 1. The number of aromatic hydroxyl groups is 1. The minimum Gasteiger partial charge on any atom is -0.508 e. The second-order valence-electron chi connectivity index (χ2n) is 10.5. The number of phenols is 1. The molecule has 37 heavy (non-hydrogen) atoms. The Kier molecular flexibility index (Phi) is 6.19. The number of Topliss-reactive ketones (excluding diaryl/α,β-unsaturated/α-hetero) is 1. The number of para-hydroxylation sites is 1. The Balaban J connectivity index is 1.43. The van der Waals surface area contributed by atoms with Gasteiger partial charge >= 0.3 is 5.97 Å². The maximum atomic E-state index is 13.9. The van der Waals surface area contributed by atoms with E-state index in [1.165, 1.54) is 0 Å². The topological polar surface area (TPSA) is 91.8 Å². The molecule has 0 amide bonds. The van der Waals surface area contributed by atoms with Gasteiger partial charge in [-0.1, -0.05) is 37.3 Å². The predicted molar refractivity (Wildman–Crippen MR) is 143 cm³/mol. The molecule has 6 nitrogen and oxygen atoms in total. The van der Waals surface area contributed by atoms with E-state index in [4.69, 9.17) is 9.73 Å². The fraction of sp³-hybridized carbons (Fsp3) is 0.387. The van der Waals surface area contributed by atoms with Crippen LogP contribution in [0.2, 0.25) is 0 Å². The van der Waals surface area contributed by atoms with E-state index in [1.807, 2.05) is 37.4 Å². The zero-order valence-electron chi connectivity index (χ0n) is 21.1. The molecule has 1 aromatic heterocycles. The average Bonchev–Trinajstić information content (AvgIpc) is 3.57. The highest BCUT2D eigenvalue weighted by Crippen LogP contribution is 2.48. The van der Waals surface area contributed by atoms with Gasteiger partial charge in [-0.2, -0.15) is 0 Å². The molecule has 1 aliphatic heterocycles. The molecule has 6 heteroatoms. The second-order valence-corrected chi connectivity index (χ2v) is 10.5. The van der Waals surface area contributed by atoms with Gasteiger partial charge in [-0.15, -0.1) is 0 Å². The number of H-pyrrole nitrogens is 1. The van der Waals surface area contributed by atoms with Crippen molar-refractivity contribution in [3.63, 3.8) is 0 Å². The van der Waals surface area contributed by atoms with Crippen LogP contribution < -0.4 is 0 Å². The number of aromatic amines is 1. The van der Waals surface area contributed by atoms with Gasteiger partial charge in [0, 0.05) is 46.4 Å². The summed E-state index contributed by atoms with van der Waals surface area (Å²) in [7, 11) is 0. The molecule has 3 atom stereocenters. The van der Waals surface area contributed by atoms with Gasteiger partial charge in [0.05, 0.1) is 0 Å². The summed E-state index contributed by atoms with van der Waals surface area (Å²) in [5, 5.41) is 11.4. The smallest absolute Gasteiger partial charge is 0.315 e. The number of hydrogen-bond donors (Lipinski definition) is 2. The Morgan fingerprint density at radius 2 is 1.92 bits per heavy atom. The number of carbonyl (C=O) groups excluding carboxylic acids is 2. The lowest BCUT2D eigenvalue weighted by Crippen LogP contribution is -2.39. The van der Waals surface area contributed by atoms with E-state index >= 15 is 0 Å². The van der Waals surface area contributed by atoms with E-state index in [9.17, 15) is 14.7 Å². The third-order valence-electron chi connectivity index (χ3n) is 8.26. The van der Waals surface area contributed by atoms with Crippen molar-refractivity contribution < 1.29 is 19.4 Å². The number of allylic oxidation sites excluding steroid dienone is 2. The van der Waals surface area contributed by atoms with Crippen LogP contribution in [0.1, 0.15) is 74.8 Å². The van der Waals surface area contributed by atoms with Gasteiger partial charge in [0.15, 0.2) is 5.78 Å². The van der Waals surface area contributed by atoms with E-state index in [0.717, 1.165) is 59.1 Å². The fourth-order valence-corrected chi connectivity index (χ4v) is 6.51. The van der Waals surface area contributed by atoms with Crippen molar-refractivity contribution in [2.75, 3.05) is 0 Å². The number of benzene rings is 2. The predicted octanol–water partition coefficient (Wildman–Crippen LogP) is 6.32. The normalized spacial score (nSPS) is 24.3. The van der Waals surface area contributed by atoms with E-state index in [-0.39, 0.29) is 29.5 Å². The number of aromatic nitrogens is 1. The highest BCUT2D eigenvalue weighted by atomic mass is 16.5. The standard InChI is InChI=1S/C31H32N2O4/c1-2-24-30(31(36)37-21-10-3-4-11-21)28(18-8-7-9-20(34)14-18)29-26(33-24)15-19(16-27(29)35)23-17-32-25-13-6-5-12-22(23)25/h5-9,12-14,17,19,21,28,30,32,34H,2-4,10-11,15-16H2,1H3. The first-order chi connectivity index (χ1) is 18.0. The lowest BCUT2D eigenvalue weighted by atomic mass is 9.68. The van der Waals surface area contributed by atoms with Crippen molar-refractivity contribution in [2.45, 2.75) is 69.8 Å². The van der Waals surface area contributed by atoms with Crippen molar-refractivity contribution in [3.05, 3.63) is 77.1 Å². The number of hydrogen-bond acceptors (Lipinski definition) is 5. The molecule has 3 unspecified atom stereocenters. The minimum absolute atomic E-state index is 0.0103. The van der Waals surface area contributed by atoms with Crippen LogP contribution in [0.25, 0.3) is 10.9 Å². The lowest BCUT2D eigenvalue weighted by Gasteiger charge is -2.37. The van der Waals surface area contributed by atoms with Crippen LogP contribution in [0.15, 0.2) is 71.0 Å². The van der Waals surface area contributed by atoms with Gasteiger partial charge in [0.1, 0.15) is 17.8 Å². The molecule has 0 saturated heterocycles. The molecule has 2 N–H and O–H groups in total. The maximum Gasteiger partial charge on any atom is 0.315 e. The quantitative estimate of drug-likeness (QED) is 0.404. The molecule has 6 rings (SSSR count). The molecule has 1 saturated carbocycles. The minimum atomic E-state index is -0.667. The SMILES string of the molecule is CCC1=NC2=C(C(=O)CC(c3c[nH]c4ccccc34)C2)C(c2cccc(O)c2)C1C(=O)OC1CCCC1. The summed E-state index contributed by atoms with van der Waals surface area (Å²) in [6.07, 6.45) is 7.41. The highest BCUT2D eigenvalue weighted by molar-refractivity contribution is 6.10. The number of ketones is 1. The molecule has 3 aromatic rings. The molecule has 2 aliphatic carbocycles. The summed E-state index contributed by atoms with van der Waals surface area (Å²) in [6.45, 7) is 2.00. The van der Waals surface area contributed by atoms with Crippen LogP contribution in [0, 0.1) is 5.92 Å². The molecule has 2 heterocycles. The molecule has 190 valence electrons. The summed E-state index contributed by atoms with van der Waals surface area (Å²) in [5.74, 6) is -1.35. The van der Waals surface area contributed by atoms with Crippen molar-refractivity contribution in [2.24, 2.45) is 10.9 Å². The number of fused-ring (bicyclic) bond motifs is 1. The number of nitrogens with zero attached hydrogens (tertiary/aromatic N) is 1. The molecule has 2 aromatic carbocycles. The van der Waals surface area contributed by atoms with Gasteiger partial charge in [0.25, 0.3) is 0 Å². The van der Waals surface area contributed by atoms with Crippen LogP contribution in [0.3, 0.4) is 0 Å². The summed E-state index contributed by atoms with van der Waals surface area (Å²) in [4.78, 5) is 35.9. The van der Waals surface area contributed by atoms with Gasteiger partial charge in [-0.3, -0.25) is 14.6 Å². The Hall–Kier alpha value is -3.67. The molecular weight excluding hydrogens is 464 g/mol. The highest BCUT2D eigenvalue weighted by Gasteiger charge is 2.46. The Labute approximate surface area is 216 Å². The zero-order valence-corrected chi connectivity index (χ0v) is 21.1. The van der Waals surface area contributed by atoms with Crippen molar-refractivity contribution >= 4 is 28.4 Å².